The van der Waals surface area contributed by atoms with Gasteiger partial charge >= 0.3 is 0 Å². The second-order valence-corrected chi connectivity index (χ2v) is 9.38. The predicted molar refractivity (Wildman–Crippen MR) is 90.4 cm³/mol. The highest BCUT2D eigenvalue weighted by molar-refractivity contribution is 9.11. The van der Waals surface area contributed by atoms with E-state index in [1.165, 1.54) is 18.3 Å². The Morgan fingerprint density at radius 3 is 2.35 bits per heavy atom. The number of benzene rings is 1. The average molecular weight is 470 g/mol. The minimum absolute atomic E-state index is 0.0308. The van der Waals surface area contributed by atoms with Crippen molar-refractivity contribution in [1.82, 2.24) is 9.78 Å². The number of nitrogens with one attached hydrogen (secondary N) is 1. The Bertz CT molecular complexity index is 1060. The van der Waals surface area contributed by atoms with E-state index in [0.29, 0.717) is 3.79 Å². The van der Waals surface area contributed by atoms with E-state index < -0.39 is 45.4 Å². The summed E-state index contributed by atoms with van der Waals surface area (Å²) in [6.45, 7) is -0.626. The van der Waals surface area contributed by atoms with E-state index >= 15 is 0 Å². The highest BCUT2D eigenvalue weighted by Gasteiger charge is 2.21. The Labute approximate surface area is 157 Å². The van der Waals surface area contributed by atoms with Gasteiger partial charge < -0.3 is 0 Å². The Balaban J connectivity index is 1.83. The molecule has 26 heavy (non-hydrogen) atoms. The summed E-state index contributed by atoms with van der Waals surface area (Å²) < 4.78 is 82.0. The van der Waals surface area contributed by atoms with Gasteiger partial charge in [0.25, 0.3) is 10.0 Å². The molecule has 0 amide bonds. The molecule has 2 heterocycles. The number of thiophene rings is 1. The largest absolute Gasteiger partial charge is 0.272 e. The fourth-order valence-corrected chi connectivity index (χ4v) is 5.06. The molecule has 0 bridgehead atoms. The SMILES string of the molecule is O=S(=O)(Nc1ccn(Cc2c(F)c(F)cc(F)c2F)n1)c1ccc(Br)s1. The van der Waals surface area contributed by atoms with Crippen LogP contribution in [0, 0.1) is 23.3 Å². The number of sulfonamides is 1. The minimum Gasteiger partial charge on any atom is -0.266 e. The molecule has 12 heteroatoms. The maximum Gasteiger partial charge on any atom is 0.272 e. The summed E-state index contributed by atoms with van der Waals surface area (Å²) in [5, 5.41) is 3.81. The van der Waals surface area contributed by atoms with Gasteiger partial charge in [-0.25, -0.2) is 26.0 Å². The van der Waals surface area contributed by atoms with Crippen LogP contribution >= 0.6 is 27.3 Å². The minimum atomic E-state index is -3.89. The molecular formula is C14H8BrF4N3O2S2. The van der Waals surface area contributed by atoms with Gasteiger partial charge in [0.1, 0.15) is 4.21 Å². The number of hydrogen-bond donors (Lipinski definition) is 1. The van der Waals surface area contributed by atoms with E-state index in [1.807, 2.05) is 0 Å². The summed E-state index contributed by atoms with van der Waals surface area (Å²) in [5.74, 6) is -6.26. The van der Waals surface area contributed by atoms with Gasteiger partial charge in [-0.3, -0.25) is 9.40 Å². The molecule has 1 aromatic carbocycles. The smallest absolute Gasteiger partial charge is 0.266 e. The summed E-state index contributed by atoms with van der Waals surface area (Å²) in [6.07, 6.45) is 1.21. The molecular weight excluding hydrogens is 462 g/mol. The fourth-order valence-electron chi connectivity index (χ4n) is 2.06. The molecule has 0 spiro atoms. The molecule has 3 aromatic rings. The number of anilines is 1. The number of rotatable bonds is 5. The van der Waals surface area contributed by atoms with Crippen molar-refractivity contribution in [3.63, 3.8) is 0 Å². The lowest BCUT2D eigenvalue weighted by Gasteiger charge is -2.07. The molecule has 0 saturated carbocycles. The lowest BCUT2D eigenvalue weighted by molar-refractivity contribution is 0.431. The standard InChI is InChI=1S/C14H8BrF4N3O2S2/c15-10-1-2-12(25-10)26(23,24)21-11-3-4-22(20-11)6-7-13(18)8(16)5-9(17)14(7)19/h1-5H,6H2,(H,20,21). The molecule has 0 radical (unpaired) electrons. The van der Waals surface area contributed by atoms with Gasteiger partial charge in [-0.2, -0.15) is 5.10 Å². The first-order chi connectivity index (χ1) is 12.2. The van der Waals surface area contributed by atoms with Crippen molar-refractivity contribution < 1.29 is 26.0 Å². The molecule has 1 N–H and O–H groups in total. The summed E-state index contributed by atoms with van der Waals surface area (Å²) in [6, 6.07) is 4.29. The van der Waals surface area contributed by atoms with Crippen molar-refractivity contribution in [3.05, 3.63) is 63.1 Å². The van der Waals surface area contributed by atoms with Crippen LogP contribution in [0.2, 0.25) is 0 Å². The summed E-state index contributed by atoms with van der Waals surface area (Å²) in [4.78, 5) is 0. The predicted octanol–water partition coefficient (Wildman–Crippen LogP) is 4.11. The first-order valence-electron chi connectivity index (χ1n) is 6.81. The van der Waals surface area contributed by atoms with Crippen LogP contribution in [0.3, 0.4) is 0 Å². The van der Waals surface area contributed by atoms with E-state index in [4.69, 9.17) is 0 Å². The lowest BCUT2D eigenvalue weighted by Crippen LogP contribution is -2.13. The summed E-state index contributed by atoms with van der Waals surface area (Å²) >= 11 is 4.13. The Morgan fingerprint density at radius 2 is 1.77 bits per heavy atom. The monoisotopic (exact) mass is 469 g/mol. The van der Waals surface area contributed by atoms with Gasteiger partial charge in [0.05, 0.1) is 15.9 Å². The van der Waals surface area contributed by atoms with E-state index in [-0.39, 0.29) is 16.1 Å². The lowest BCUT2D eigenvalue weighted by atomic mass is 10.2. The van der Waals surface area contributed by atoms with Crippen LogP contribution in [-0.4, -0.2) is 18.2 Å². The van der Waals surface area contributed by atoms with Crippen molar-refractivity contribution in [1.29, 1.82) is 0 Å². The van der Waals surface area contributed by atoms with Crippen LogP contribution in [0.5, 0.6) is 0 Å². The average Bonchev–Trinajstić information content (AvgIpc) is 3.18. The van der Waals surface area contributed by atoms with E-state index in [9.17, 15) is 26.0 Å². The first kappa shape index (κ1) is 18.9. The zero-order valence-corrected chi connectivity index (χ0v) is 15.7. The molecule has 2 aromatic heterocycles. The quantitative estimate of drug-likeness (QED) is 0.451. The van der Waals surface area contributed by atoms with Gasteiger partial charge in [-0.1, -0.05) is 0 Å². The zero-order valence-electron chi connectivity index (χ0n) is 12.5. The van der Waals surface area contributed by atoms with Crippen molar-refractivity contribution in [2.75, 3.05) is 4.72 Å². The van der Waals surface area contributed by atoms with Crippen LogP contribution in [0.4, 0.5) is 23.4 Å². The maximum absolute atomic E-state index is 13.7. The van der Waals surface area contributed by atoms with Crippen molar-refractivity contribution in [3.8, 4) is 0 Å². The van der Waals surface area contributed by atoms with Crippen LogP contribution < -0.4 is 4.72 Å². The molecule has 0 aliphatic carbocycles. The highest BCUT2D eigenvalue weighted by atomic mass is 79.9. The van der Waals surface area contributed by atoms with Crippen LogP contribution in [0.15, 0.2) is 38.5 Å². The van der Waals surface area contributed by atoms with E-state index in [0.717, 1.165) is 16.0 Å². The van der Waals surface area contributed by atoms with Gasteiger partial charge in [0.15, 0.2) is 29.1 Å². The van der Waals surface area contributed by atoms with Crippen molar-refractivity contribution in [2.24, 2.45) is 0 Å². The molecule has 3 rings (SSSR count). The molecule has 0 atom stereocenters. The zero-order chi connectivity index (χ0) is 19.1. The topological polar surface area (TPSA) is 64.0 Å². The van der Waals surface area contributed by atoms with Gasteiger partial charge in [0, 0.05) is 18.3 Å². The molecule has 0 saturated heterocycles. The highest BCUT2D eigenvalue weighted by Crippen LogP contribution is 2.27. The normalized spacial score (nSPS) is 11.7. The second kappa shape index (κ2) is 7.00. The van der Waals surface area contributed by atoms with Crippen LogP contribution in [0.25, 0.3) is 0 Å². The number of aromatic nitrogens is 2. The van der Waals surface area contributed by atoms with Crippen molar-refractivity contribution >= 4 is 43.1 Å². The van der Waals surface area contributed by atoms with E-state index in [2.05, 4.69) is 25.8 Å². The number of hydrogen-bond acceptors (Lipinski definition) is 4. The van der Waals surface area contributed by atoms with Crippen LogP contribution in [-0.2, 0) is 16.6 Å². The van der Waals surface area contributed by atoms with Crippen molar-refractivity contribution in [2.45, 2.75) is 10.8 Å². The maximum atomic E-state index is 13.7. The third-order valence-corrected chi connectivity index (χ3v) is 6.69. The number of nitrogens with zero attached hydrogens (tertiary/aromatic N) is 2. The van der Waals surface area contributed by atoms with Gasteiger partial charge in [-0.05, 0) is 28.1 Å². The van der Waals surface area contributed by atoms with Gasteiger partial charge in [-0.15, -0.1) is 11.3 Å². The molecule has 0 aliphatic heterocycles. The molecule has 138 valence electrons. The third kappa shape index (κ3) is 3.76. The first-order valence-corrected chi connectivity index (χ1v) is 9.90. The summed E-state index contributed by atoms with van der Waals surface area (Å²) in [5.41, 5.74) is -0.859. The molecule has 0 aliphatic rings. The number of halogens is 5. The summed E-state index contributed by atoms with van der Waals surface area (Å²) in [7, 11) is -3.89. The molecule has 0 fully saturated rings. The Hall–Kier alpha value is -1.92. The fraction of sp³-hybridized carbons (Fsp3) is 0.0714. The Kier molecular flexibility index (Phi) is 5.08. The second-order valence-electron chi connectivity index (χ2n) is 5.01. The van der Waals surface area contributed by atoms with Crippen LogP contribution in [0.1, 0.15) is 5.56 Å². The third-order valence-electron chi connectivity index (χ3n) is 3.22. The molecule has 5 nitrogen and oxygen atoms in total. The molecule has 0 unspecified atom stereocenters. The van der Waals surface area contributed by atoms with E-state index in [1.54, 1.807) is 6.07 Å². The Morgan fingerprint density at radius 1 is 1.12 bits per heavy atom. The van der Waals surface area contributed by atoms with Gasteiger partial charge in [0.2, 0.25) is 0 Å².